The van der Waals surface area contributed by atoms with Gasteiger partial charge in [-0.15, -0.1) is 0 Å². The number of nitrogens with two attached hydrogens (primary N) is 1. The van der Waals surface area contributed by atoms with Crippen LogP contribution in [0.5, 0.6) is 0 Å². The van der Waals surface area contributed by atoms with E-state index in [0.29, 0.717) is 5.82 Å². The van der Waals surface area contributed by atoms with E-state index in [0.717, 1.165) is 11.0 Å². The summed E-state index contributed by atoms with van der Waals surface area (Å²) in [6.07, 6.45) is -1.86. The lowest BCUT2D eigenvalue weighted by Crippen LogP contribution is -2.21. The summed E-state index contributed by atoms with van der Waals surface area (Å²) in [4.78, 5) is 19.6. The van der Waals surface area contributed by atoms with Crippen LogP contribution in [0.3, 0.4) is 0 Å². The van der Waals surface area contributed by atoms with Crippen LogP contribution in [0.2, 0.25) is 0 Å². The first kappa shape index (κ1) is 12.7. The zero-order valence-corrected chi connectivity index (χ0v) is 8.19. The molecule has 2 aromatic rings. The molecule has 0 bridgehead atoms. The van der Waals surface area contributed by atoms with Crippen molar-refractivity contribution in [1.29, 1.82) is 0 Å². The van der Waals surface area contributed by atoms with Gasteiger partial charge < -0.3 is 15.8 Å². The Balaban J connectivity index is 0.000000185. The number of carboxylic acid groups (broad SMARTS) is 1. The van der Waals surface area contributed by atoms with Crippen LogP contribution in [-0.2, 0) is 4.79 Å². The summed E-state index contributed by atoms with van der Waals surface area (Å²) in [5.74, 6) is -2.24. The second kappa shape index (κ2) is 4.68. The number of aromatic nitrogens is 3. The zero-order valence-electron chi connectivity index (χ0n) is 8.19. The monoisotopic (exact) mass is 248 g/mol. The van der Waals surface area contributed by atoms with Crippen molar-refractivity contribution in [3.8, 4) is 0 Å². The minimum Gasteiger partial charge on any atom is -0.475 e. The number of hydrogen-bond donors (Lipinski definition) is 3. The van der Waals surface area contributed by atoms with Gasteiger partial charge in [0.2, 0.25) is 0 Å². The van der Waals surface area contributed by atoms with Crippen molar-refractivity contribution < 1.29 is 23.1 Å². The number of nitrogen functional groups attached to an aromatic ring is 1. The predicted molar refractivity (Wildman–Crippen MR) is 52.0 cm³/mol. The Morgan fingerprint density at radius 3 is 2.47 bits per heavy atom. The van der Waals surface area contributed by atoms with Gasteiger partial charge in [-0.2, -0.15) is 13.2 Å². The van der Waals surface area contributed by atoms with Crippen molar-refractivity contribution in [3.63, 3.8) is 0 Å². The molecule has 0 fully saturated rings. The van der Waals surface area contributed by atoms with Gasteiger partial charge in [0.15, 0.2) is 0 Å². The molecule has 17 heavy (non-hydrogen) atoms. The Bertz CT molecular complexity index is 523. The average molecular weight is 248 g/mol. The number of aromatic amines is 1. The van der Waals surface area contributed by atoms with E-state index in [1.807, 2.05) is 6.07 Å². The van der Waals surface area contributed by atoms with Gasteiger partial charge in [0, 0.05) is 6.20 Å². The highest BCUT2D eigenvalue weighted by Gasteiger charge is 2.38. The van der Waals surface area contributed by atoms with E-state index in [1.165, 1.54) is 6.33 Å². The van der Waals surface area contributed by atoms with Crippen LogP contribution in [-0.4, -0.2) is 32.2 Å². The number of alkyl halides is 3. The van der Waals surface area contributed by atoms with Gasteiger partial charge in [0.25, 0.3) is 0 Å². The Kier molecular flexibility index (Phi) is 3.51. The number of nitrogens with zero attached hydrogens (tertiary/aromatic N) is 2. The minimum absolute atomic E-state index is 0.520. The summed E-state index contributed by atoms with van der Waals surface area (Å²) >= 11 is 0. The van der Waals surface area contributed by atoms with Crippen molar-refractivity contribution >= 4 is 22.8 Å². The number of carboxylic acids is 1. The number of halogens is 3. The number of fused-ring (bicyclic) bond motifs is 1. The van der Waals surface area contributed by atoms with Gasteiger partial charge in [-0.25, -0.2) is 14.8 Å². The van der Waals surface area contributed by atoms with Crippen molar-refractivity contribution in [2.45, 2.75) is 6.18 Å². The van der Waals surface area contributed by atoms with E-state index in [-0.39, 0.29) is 0 Å². The van der Waals surface area contributed by atoms with Crippen molar-refractivity contribution in [2.75, 3.05) is 5.73 Å². The molecular formula is C8H7F3N4O2. The first-order valence-electron chi connectivity index (χ1n) is 4.16. The molecule has 92 valence electrons. The average Bonchev–Trinajstić information content (AvgIpc) is 2.66. The summed E-state index contributed by atoms with van der Waals surface area (Å²) in [5, 5.41) is 8.00. The molecule has 0 aromatic carbocycles. The highest BCUT2D eigenvalue weighted by molar-refractivity contribution is 5.85. The lowest BCUT2D eigenvalue weighted by Gasteiger charge is -1.93. The third-order valence-corrected chi connectivity index (χ3v) is 1.63. The number of anilines is 1. The lowest BCUT2D eigenvalue weighted by atomic mass is 10.4. The van der Waals surface area contributed by atoms with Gasteiger partial charge in [-0.05, 0) is 6.07 Å². The second-order valence-electron chi connectivity index (χ2n) is 2.80. The fraction of sp³-hybridized carbons (Fsp3) is 0.125. The molecule has 6 nitrogen and oxygen atoms in total. The summed E-state index contributed by atoms with van der Waals surface area (Å²) in [5.41, 5.74) is 6.31. The van der Waals surface area contributed by atoms with Crippen LogP contribution >= 0.6 is 0 Å². The fourth-order valence-corrected chi connectivity index (χ4v) is 0.892. The van der Waals surface area contributed by atoms with Crippen LogP contribution in [0.15, 0.2) is 18.6 Å². The molecule has 0 amide bonds. The maximum absolute atomic E-state index is 10.6. The number of carbonyl (C=O) groups is 1. The number of nitrogens with one attached hydrogen (secondary N) is 1. The molecule has 0 spiro atoms. The third-order valence-electron chi connectivity index (χ3n) is 1.63. The molecule has 0 aliphatic rings. The summed E-state index contributed by atoms with van der Waals surface area (Å²) in [7, 11) is 0. The second-order valence-corrected chi connectivity index (χ2v) is 2.80. The van der Waals surface area contributed by atoms with E-state index >= 15 is 0 Å². The van der Waals surface area contributed by atoms with Gasteiger partial charge in [0.1, 0.15) is 17.8 Å². The highest BCUT2D eigenvalue weighted by Crippen LogP contribution is 2.13. The highest BCUT2D eigenvalue weighted by atomic mass is 19.4. The number of hydrogen-bond acceptors (Lipinski definition) is 4. The van der Waals surface area contributed by atoms with Crippen LogP contribution in [0.4, 0.5) is 19.0 Å². The number of aliphatic carboxylic acids is 1. The first-order valence-corrected chi connectivity index (χ1v) is 4.16. The Morgan fingerprint density at radius 1 is 1.41 bits per heavy atom. The van der Waals surface area contributed by atoms with Crippen molar-refractivity contribution in [3.05, 3.63) is 18.6 Å². The molecular weight excluding hydrogens is 241 g/mol. The van der Waals surface area contributed by atoms with Crippen LogP contribution in [0, 0.1) is 0 Å². The van der Waals surface area contributed by atoms with Crippen LogP contribution < -0.4 is 5.73 Å². The largest absolute Gasteiger partial charge is 0.490 e. The molecule has 4 N–H and O–H groups in total. The predicted octanol–water partition coefficient (Wildman–Crippen LogP) is 1.17. The van der Waals surface area contributed by atoms with Crippen LogP contribution in [0.1, 0.15) is 0 Å². The van der Waals surface area contributed by atoms with Gasteiger partial charge in [-0.1, -0.05) is 0 Å². The summed E-state index contributed by atoms with van der Waals surface area (Å²) in [6.45, 7) is 0. The fourth-order valence-electron chi connectivity index (χ4n) is 0.892. The van der Waals surface area contributed by atoms with Gasteiger partial charge in [0.05, 0.1) is 5.39 Å². The smallest absolute Gasteiger partial charge is 0.475 e. The van der Waals surface area contributed by atoms with E-state index in [4.69, 9.17) is 15.6 Å². The molecule has 0 unspecified atom stereocenters. The number of rotatable bonds is 0. The molecule has 2 aromatic heterocycles. The Hall–Kier alpha value is -2.32. The Morgan fingerprint density at radius 2 is 2.00 bits per heavy atom. The molecule has 0 aliphatic heterocycles. The van der Waals surface area contributed by atoms with Crippen molar-refractivity contribution in [2.24, 2.45) is 0 Å². The Labute approximate surface area is 92.3 Å². The van der Waals surface area contributed by atoms with Gasteiger partial charge in [-0.3, -0.25) is 0 Å². The van der Waals surface area contributed by atoms with E-state index in [9.17, 15) is 13.2 Å². The lowest BCUT2D eigenvalue weighted by molar-refractivity contribution is -0.192. The molecule has 2 heterocycles. The third kappa shape index (κ3) is 3.33. The maximum atomic E-state index is 10.6. The molecule has 2 rings (SSSR count). The van der Waals surface area contributed by atoms with Gasteiger partial charge >= 0.3 is 12.1 Å². The topological polar surface area (TPSA) is 105 Å². The van der Waals surface area contributed by atoms with Crippen LogP contribution in [0.25, 0.3) is 11.0 Å². The molecule has 9 heteroatoms. The molecule has 0 radical (unpaired) electrons. The van der Waals surface area contributed by atoms with E-state index in [2.05, 4.69) is 15.0 Å². The minimum atomic E-state index is -5.08. The maximum Gasteiger partial charge on any atom is 0.490 e. The van der Waals surface area contributed by atoms with E-state index < -0.39 is 12.1 Å². The van der Waals surface area contributed by atoms with E-state index in [1.54, 1.807) is 6.20 Å². The van der Waals surface area contributed by atoms with Crippen molar-refractivity contribution in [1.82, 2.24) is 15.0 Å². The molecule has 0 saturated carbocycles. The molecule has 0 atom stereocenters. The first-order chi connectivity index (χ1) is 7.82. The summed E-state index contributed by atoms with van der Waals surface area (Å²) < 4.78 is 31.7. The SMILES string of the molecule is Nc1ncnc2[nH]ccc12.O=C(O)C(F)(F)F. The molecule has 0 aliphatic carbocycles. The quantitative estimate of drug-likeness (QED) is 0.649. The standard InChI is InChI=1S/C6H6N4.C2HF3O2/c7-5-4-1-2-8-6(4)10-3-9-5;3-2(4,5)1(6)7/h1-3H,(H3,7,8,9,10);(H,6,7). The number of H-pyrrole nitrogens is 1. The normalized spacial score (nSPS) is 10.8. The molecule has 0 saturated heterocycles. The zero-order chi connectivity index (χ0) is 13.1. The summed E-state index contributed by atoms with van der Waals surface area (Å²) in [6, 6.07) is 1.85.